The first-order valence-corrected chi connectivity index (χ1v) is 16.1. The van der Waals surface area contributed by atoms with Gasteiger partial charge in [-0.05, 0) is 68.2 Å². The maximum atomic E-state index is 14.6. The van der Waals surface area contributed by atoms with E-state index >= 15 is 0 Å². The Kier molecular flexibility index (Phi) is 6.47. The third kappa shape index (κ3) is 3.79. The van der Waals surface area contributed by atoms with Crippen molar-refractivity contribution in [1.29, 1.82) is 0 Å². The number of hydrogen-bond donors (Lipinski definition) is 1. The molecule has 5 unspecified atom stereocenters. The first kappa shape index (κ1) is 27.6. The van der Waals surface area contributed by atoms with Crippen LogP contribution in [0.3, 0.4) is 0 Å². The average Bonchev–Trinajstić information content (AvgIpc) is 3.55. The molecule has 7 rings (SSSR count). The van der Waals surface area contributed by atoms with Crippen molar-refractivity contribution >= 4 is 34.4 Å². The fraction of sp³-hybridized carbons (Fsp3) is 0.606. The number of aryl methyl sites for hydroxylation is 1. The predicted octanol–water partition coefficient (Wildman–Crippen LogP) is 5.40. The molecule has 1 saturated heterocycles. The third-order valence-corrected chi connectivity index (χ3v) is 12.3. The summed E-state index contributed by atoms with van der Waals surface area (Å²) in [4.78, 5) is 31.5. The van der Waals surface area contributed by atoms with Gasteiger partial charge in [-0.25, -0.2) is 4.98 Å². The number of aromatic nitrogens is 2. The van der Waals surface area contributed by atoms with E-state index in [1.54, 1.807) is 12.2 Å². The normalized spacial score (nSPS) is 41.1. The number of thioether (sulfide) groups is 1. The molecule has 0 spiro atoms. The Balaban J connectivity index is 1.23. The fourth-order valence-electron chi connectivity index (χ4n) is 9.50. The molecule has 9 atom stereocenters. The Bertz CT molecular complexity index is 1480. The molecule has 1 N–H and O–H groups in total. The fourth-order valence-corrected chi connectivity index (χ4v) is 10.4. The molecule has 218 valence electrons. The highest BCUT2D eigenvalue weighted by molar-refractivity contribution is 7.99. The van der Waals surface area contributed by atoms with E-state index in [-0.39, 0.29) is 46.6 Å². The van der Waals surface area contributed by atoms with E-state index in [9.17, 15) is 14.7 Å². The molecule has 1 aromatic heterocycles. The molecule has 3 saturated carbocycles. The largest absolute Gasteiger partial charge is 0.393 e. The summed E-state index contributed by atoms with van der Waals surface area (Å²) < 4.78 is 15.4. The van der Waals surface area contributed by atoms with Crippen LogP contribution in [0.15, 0.2) is 53.2 Å². The van der Waals surface area contributed by atoms with Gasteiger partial charge < -0.3 is 19.1 Å². The van der Waals surface area contributed by atoms with Crippen molar-refractivity contribution < 1.29 is 24.2 Å². The molecule has 0 bridgehead atoms. The quantitative estimate of drug-likeness (QED) is 0.460. The van der Waals surface area contributed by atoms with Gasteiger partial charge in [-0.3, -0.25) is 9.59 Å². The minimum absolute atomic E-state index is 0.00304. The first-order chi connectivity index (χ1) is 19.6. The zero-order valence-electron chi connectivity index (χ0n) is 24.3. The number of imidazole rings is 1. The highest BCUT2D eigenvalue weighted by Crippen LogP contribution is 2.69. The van der Waals surface area contributed by atoms with E-state index in [4.69, 9.17) is 14.5 Å². The molecule has 7 nitrogen and oxygen atoms in total. The van der Waals surface area contributed by atoms with Crippen molar-refractivity contribution in [3.05, 3.63) is 48.1 Å². The summed E-state index contributed by atoms with van der Waals surface area (Å²) in [5, 5.41) is 12.7. The molecule has 5 aliphatic rings. The van der Waals surface area contributed by atoms with Crippen LogP contribution in [0.2, 0.25) is 0 Å². The van der Waals surface area contributed by atoms with E-state index in [0.717, 1.165) is 53.9 Å². The number of carbonyl (C=O) groups excluding carboxylic acids is 2. The Morgan fingerprint density at radius 3 is 2.85 bits per heavy atom. The number of fused-ring (bicyclic) bond motifs is 8. The van der Waals surface area contributed by atoms with E-state index < -0.39 is 23.4 Å². The highest BCUT2D eigenvalue weighted by atomic mass is 32.2. The number of allylic oxidation sites excluding steroid dienone is 4. The Hall–Kier alpha value is -2.26. The summed E-state index contributed by atoms with van der Waals surface area (Å²) in [5.41, 5.74) is 1.07. The summed E-state index contributed by atoms with van der Waals surface area (Å²) in [7, 11) is 1.99. The van der Waals surface area contributed by atoms with Crippen molar-refractivity contribution in [2.75, 3.05) is 5.75 Å². The zero-order valence-corrected chi connectivity index (χ0v) is 25.2. The number of ether oxygens (including phenoxy) is 2. The SMILES string of the molecule is CCC[C@@H]1O[C@@H]2CC3C4CCC5=CC(=O)C=CC5(C)C4[C@@H](O)CC3(C)[C@@]2(C(=O)CSc2nc3ccccc3n2C)O1. The molecule has 0 amide bonds. The third-order valence-electron chi connectivity index (χ3n) is 11.3. The number of Topliss-reactive ketones (excluding diaryl/α,β-unsaturated/α-hetero) is 1. The molecule has 4 fully saturated rings. The lowest BCUT2D eigenvalue weighted by molar-refractivity contribution is -0.197. The molecule has 2 heterocycles. The van der Waals surface area contributed by atoms with Gasteiger partial charge >= 0.3 is 0 Å². The number of carbonyl (C=O) groups is 2. The summed E-state index contributed by atoms with van der Waals surface area (Å²) in [6.07, 6.45) is 8.73. The van der Waals surface area contributed by atoms with Gasteiger partial charge in [0.25, 0.3) is 0 Å². The van der Waals surface area contributed by atoms with Gasteiger partial charge in [0.05, 0.1) is 29.0 Å². The predicted molar refractivity (Wildman–Crippen MR) is 157 cm³/mol. The van der Waals surface area contributed by atoms with E-state index in [0.29, 0.717) is 6.42 Å². The molecular formula is C33H40N2O5S. The van der Waals surface area contributed by atoms with Gasteiger partial charge in [-0.1, -0.05) is 62.7 Å². The van der Waals surface area contributed by atoms with Gasteiger partial charge in [-0.2, -0.15) is 0 Å². The van der Waals surface area contributed by atoms with E-state index in [1.165, 1.54) is 11.8 Å². The van der Waals surface area contributed by atoms with Crippen LogP contribution >= 0.6 is 11.8 Å². The average molecular weight is 577 g/mol. The lowest BCUT2D eigenvalue weighted by atomic mass is 9.46. The number of para-hydroxylation sites is 2. The lowest BCUT2D eigenvalue weighted by Crippen LogP contribution is -2.63. The Morgan fingerprint density at radius 2 is 2.07 bits per heavy atom. The van der Waals surface area contributed by atoms with Gasteiger partial charge in [0.2, 0.25) is 0 Å². The van der Waals surface area contributed by atoms with Gasteiger partial charge in [0.1, 0.15) is 0 Å². The number of aliphatic hydroxyl groups excluding tert-OH is 1. The second-order valence-corrected chi connectivity index (χ2v) is 14.2. The maximum Gasteiger partial charge on any atom is 0.178 e. The van der Waals surface area contributed by atoms with Crippen molar-refractivity contribution in [2.45, 2.75) is 88.6 Å². The summed E-state index contributed by atoms with van der Waals surface area (Å²) >= 11 is 1.46. The monoisotopic (exact) mass is 576 g/mol. The lowest BCUT2D eigenvalue weighted by Gasteiger charge is -2.59. The first-order valence-electron chi connectivity index (χ1n) is 15.2. The van der Waals surface area contributed by atoms with Crippen LogP contribution in [-0.4, -0.2) is 56.1 Å². The molecule has 41 heavy (non-hydrogen) atoms. The summed E-state index contributed by atoms with van der Waals surface area (Å²) in [6, 6.07) is 8.00. The second kappa shape index (κ2) is 9.63. The number of rotatable bonds is 6. The number of ketones is 2. The molecule has 2 aromatic rings. The van der Waals surface area contributed by atoms with Crippen LogP contribution in [0.4, 0.5) is 0 Å². The van der Waals surface area contributed by atoms with Gasteiger partial charge in [-0.15, -0.1) is 0 Å². The standard InChI is InChI=1S/C33H40N2O5S/c1-5-8-28-39-27-16-22-21-12-11-19-15-20(36)13-14-31(19,2)29(21)25(37)17-32(22,3)33(27,40-28)26(38)18-41-30-34-23-9-6-7-10-24(23)35(30)4/h6-7,9-10,13-15,21-22,25,27-29,37H,5,8,11-12,16-18H2,1-4H3/t21?,22?,25-,27+,28+,29?,31?,32?,33-/m0/s1. The minimum Gasteiger partial charge on any atom is -0.393 e. The molecule has 8 heteroatoms. The van der Waals surface area contributed by atoms with Crippen LogP contribution in [0.5, 0.6) is 0 Å². The van der Waals surface area contributed by atoms with Crippen LogP contribution < -0.4 is 0 Å². The van der Waals surface area contributed by atoms with Crippen molar-refractivity contribution in [1.82, 2.24) is 9.55 Å². The van der Waals surface area contributed by atoms with E-state index in [1.807, 2.05) is 42.0 Å². The molecule has 1 aromatic carbocycles. The smallest absolute Gasteiger partial charge is 0.178 e. The second-order valence-electron chi connectivity index (χ2n) is 13.3. The molecule has 0 radical (unpaired) electrons. The summed E-state index contributed by atoms with van der Waals surface area (Å²) in [6.45, 7) is 6.46. The Labute approximate surface area is 245 Å². The topological polar surface area (TPSA) is 90.7 Å². The molecule has 4 aliphatic carbocycles. The van der Waals surface area contributed by atoms with Crippen LogP contribution in [0, 0.1) is 28.6 Å². The zero-order chi connectivity index (χ0) is 28.7. The number of nitrogens with zero attached hydrogens (tertiary/aromatic N) is 2. The van der Waals surface area contributed by atoms with Crippen molar-refractivity contribution in [3.8, 4) is 0 Å². The summed E-state index contributed by atoms with van der Waals surface area (Å²) in [5.74, 6) is 0.697. The van der Waals surface area contributed by atoms with E-state index in [2.05, 4.69) is 20.8 Å². The number of aliphatic hydroxyl groups is 1. The molecular weight excluding hydrogens is 536 g/mol. The van der Waals surface area contributed by atoms with Crippen LogP contribution in [0.1, 0.15) is 59.3 Å². The minimum atomic E-state index is -1.10. The van der Waals surface area contributed by atoms with Crippen molar-refractivity contribution in [2.24, 2.45) is 35.6 Å². The number of hydrogen-bond acceptors (Lipinski definition) is 7. The number of benzene rings is 1. The van der Waals surface area contributed by atoms with Crippen LogP contribution in [-0.2, 0) is 26.1 Å². The molecule has 1 aliphatic heterocycles. The van der Waals surface area contributed by atoms with Crippen molar-refractivity contribution in [3.63, 3.8) is 0 Å². The highest BCUT2D eigenvalue weighted by Gasteiger charge is 2.75. The van der Waals surface area contributed by atoms with Crippen LogP contribution in [0.25, 0.3) is 11.0 Å². The maximum absolute atomic E-state index is 14.6. The van der Waals surface area contributed by atoms with Gasteiger partial charge in [0, 0.05) is 23.8 Å². The Morgan fingerprint density at radius 1 is 1.27 bits per heavy atom. The van der Waals surface area contributed by atoms with Gasteiger partial charge in [0.15, 0.2) is 28.6 Å².